The molecule has 1 aromatic rings. The molecule has 1 amide bonds. The maximum absolute atomic E-state index is 12.6. The van der Waals surface area contributed by atoms with Gasteiger partial charge in [-0.3, -0.25) is 4.79 Å². The molecule has 3 rings (SSSR count). The van der Waals surface area contributed by atoms with Gasteiger partial charge in [-0.2, -0.15) is 0 Å². The number of benzene rings is 1. The van der Waals surface area contributed by atoms with Crippen LogP contribution in [0, 0.1) is 5.92 Å². The second-order valence-electron chi connectivity index (χ2n) is 6.03. The fraction of sp³-hybridized carbons (Fsp3) is 0.588. The van der Waals surface area contributed by atoms with Crippen molar-refractivity contribution < 1.29 is 9.53 Å². The average Bonchev–Trinajstić information content (AvgIpc) is 3.15. The van der Waals surface area contributed by atoms with Gasteiger partial charge in [0.05, 0.1) is 6.61 Å². The van der Waals surface area contributed by atoms with Crippen LogP contribution >= 0.6 is 0 Å². The fourth-order valence-corrected chi connectivity index (χ4v) is 3.33. The first-order chi connectivity index (χ1) is 10.3. The molecule has 21 heavy (non-hydrogen) atoms. The number of nitrogens with zero attached hydrogens (tertiary/aromatic N) is 1. The van der Waals surface area contributed by atoms with E-state index in [1.807, 2.05) is 11.0 Å². The van der Waals surface area contributed by atoms with Crippen LogP contribution in [0.25, 0.3) is 0 Å². The van der Waals surface area contributed by atoms with Crippen molar-refractivity contribution >= 4 is 11.6 Å². The average molecular weight is 288 g/mol. The number of fused-ring (bicyclic) bond motifs is 1. The van der Waals surface area contributed by atoms with Gasteiger partial charge in [0, 0.05) is 50.2 Å². The zero-order chi connectivity index (χ0) is 14.7. The lowest BCUT2D eigenvalue weighted by atomic mass is 9.97. The second kappa shape index (κ2) is 6.48. The van der Waals surface area contributed by atoms with Gasteiger partial charge < -0.3 is 15.0 Å². The van der Waals surface area contributed by atoms with E-state index in [0.717, 1.165) is 39.3 Å². The maximum atomic E-state index is 12.6. The lowest BCUT2D eigenvalue weighted by molar-refractivity contribution is -0.132. The summed E-state index contributed by atoms with van der Waals surface area (Å²) in [6.45, 7) is 6.21. The Labute approximate surface area is 126 Å². The zero-order valence-corrected chi connectivity index (χ0v) is 12.7. The molecule has 2 aliphatic rings. The monoisotopic (exact) mass is 288 g/mol. The standard InChI is InChI=1S/C17H24N2O2/c1-2-19(11-13-7-8-21-12-13)17(20)9-14-10-18-16-6-4-3-5-15(14)16/h3-6,13-14,18H,2,7-12H2,1H3. The Hall–Kier alpha value is -1.55. The van der Waals surface area contributed by atoms with E-state index in [0.29, 0.717) is 18.3 Å². The number of anilines is 1. The lowest BCUT2D eigenvalue weighted by Crippen LogP contribution is -2.36. The molecule has 2 heterocycles. The van der Waals surface area contributed by atoms with Crippen LogP contribution in [0.1, 0.15) is 31.2 Å². The lowest BCUT2D eigenvalue weighted by Gasteiger charge is -2.25. The van der Waals surface area contributed by atoms with Gasteiger partial charge >= 0.3 is 0 Å². The largest absolute Gasteiger partial charge is 0.384 e. The molecule has 1 aromatic carbocycles. The first kappa shape index (κ1) is 14.4. The van der Waals surface area contributed by atoms with Crippen LogP contribution in [0.15, 0.2) is 24.3 Å². The van der Waals surface area contributed by atoms with Crippen LogP contribution in [-0.2, 0) is 9.53 Å². The minimum atomic E-state index is 0.271. The summed E-state index contributed by atoms with van der Waals surface area (Å²) in [5, 5.41) is 3.39. The number of carbonyl (C=O) groups excluding carboxylic acids is 1. The van der Waals surface area contributed by atoms with E-state index in [1.54, 1.807) is 0 Å². The summed E-state index contributed by atoms with van der Waals surface area (Å²) in [4.78, 5) is 14.6. The van der Waals surface area contributed by atoms with E-state index in [9.17, 15) is 4.79 Å². The molecule has 1 saturated heterocycles. The van der Waals surface area contributed by atoms with Crippen molar-refractivity contribution in [3.63, 3.8) is 0 Å². The van der Waals surface area contributed by atoms with Crippen molar-refractivity contribution in [2.24, 2.45) is 5.92 Å². The summed E-state index contributed by atoms with van der Waals surface area (Å²) in [6, 6.07) is 8.31. The van der Waals surface area contributed by atoms with E-state index < -0.39 is 0 Å². The quantitative estimate of drug-likeness (QED) is 0.905. The van der Waals surface area contributed by atoms with Crippen LogP contribution < -0.4 is 5.32 Å². The second-order valence-corrected chi connectivity index (χ2v) is 6.03. The van der Waals surface area contributed by atoms with Gasteiger partial charge in [0.1, 0.15) is 0 Å². The first-order valence-corrected chi connectivity index (χ1v) is 7.96. The van der Waals surface area contributed by atoms with Crippen molar-refractivity contribution in [2.75, 3.05) is 38.2 Å². The van der Waals surface area contributed by atoms with Gasteiger partial charge in [-0.05, 0) is 25.0 Å². The number of hydrogen-bond acceptors (Lipinski definition) is 3. The van der Waals surface area contributed by atoms with E-state index in [2.05, 4.69) is 30.4 Å². The number of rotatable bonds is 5. The Morgan fingerprint density at radius 2 is 2.29 bits per heavy atom. The van der Waals surface area contributed by atoms with E-state index in [1.165, 1.54) is 11.3 Å². The summed E-state index contributed by atoms with van der Waals surface area (Å²) in [5.41, 5.74) is 2.47. The third kappa shape index (κ3) is 3.21. The summed E-state index contributed by atoms with van der Waals surface area (Å²) in [5.74, 6) is 1.10. The number of nitrogens with one attached hydrogen (secondary N) is 1. The molecule has 2 aliphatic heterocycles. The molecule has 0 aromatic heterocycles. The summed E-state index contributed by atoms with van der Waals surface area (Å²) in [6.07, 6.45) is 1.68. The van der Waals surface area contributed by atoms with E-state index in [-0.39, 0.29) is 5.91 Å². The van der Waals surface area contributed by atoms with Gasteiger partial charge in [-0.1, -0.05) is 18.2 Å². The van der Waals surface area contributed by atoms with Crippen molar-refractivity contribution in [1.29, 1.82) is 0 Å². The fourth-order valence-electron chi connectivity index (χ4n) is 3.33. The molecule has 4 nitrogen and oxygen atoms in total. The Bertz CT molecular complexity index is 497. The van der Waals surface area contributed by atoms with Crippen molar-refractivity contribution in [3.05, 3.63) is 29.8 Å². The molecule has 0 spiro atoms. The molecule has 1 N–H and O–H groups in total. The van der Waals surface area contributed by atoms with Gasteiger partial charge in [-0.25, -0.2) is 0 Å². The van der Waals surface area contributed by atoms with Crippen molar-refractivity contribution in [3.8, 4) is 0 Å². The number of amides is 1. The van der Waals surface area contributed by atoms with E-state index >= 15 is 0 Å². The van der Waals surface area contributed by atoms with Crippen LogP contribution in [0.3, 0.4) is 0 Å². The Morgan fingerprint density at radius 1 is 1.43 bits per heavy atom. The molecule has 0 bridgehead atoms. The predicted octanol–water partition coefficient (Wildman–Crippen LogP) is 2.47. The Morgan fingerprint density at radius 3 is 3.05 bits per heavy atom. The number of para-hydroxylation sites is 1. The smallest absolute Gasteiger partial charge is 0.223 e. The minimum absolute atomic E-state index is 0.271. The molecule has 0 saturated carbocycles. The highest BCUT2D eigenvalue weighted by Gasteiger charge is 2.27. The maximum Gasteiger partial charge on any atom is 0.223 e. The molecule has 0 radical (unpaired) electrons. The first-order valence-electron chi connectivity index (χ1n) is 7.96. The SMILES string of the molecule is CCN(CC1CCOC1)C(=O)CC1CNc2ccccc21. The van der Waals surface area contributed by atoms with Gasteiger partial charge in [0.2, 0.25) is 5.91 Å². The zero-order valence-electron chi connectivity index (χ0n) is 12.7. The number of ether oxygens (including phenoxy) is 1. The van der Waals surface area contributed by atoms with Crippen LogP contribution in [0.5, 0.6) is 0 Å². The summed E-state index contributed by atoms with van der Waals surface area (Å²) in [7, 11) is 0. The van der Waals surface area contributed by atoms with Crippen LogP contribution in [-0.4, -0.2) is 43.7 Å². The minimum Gasteiger partial charge on any atom is -0.384 e. The molecule has 114 valence electrons. The highest BCUT2D eigenvalue weighted by Crippen LogP contribution is 2.33. The van der Waals surface area contributed by atoms with Crippen molar-refractivity contribution in [1.82, 2.24) is 4.90 Å². The number of carbonyl (C=O) groups is 1. The normalized spacial score (nSPS) is 23.7. The highest BCUT2D eigenvalue weighted by atomic mass is 16.5. The van der Waals surface area contributed by atoms with Gasteiger partial charge in [0.25, 0.3) is 0 Å². The molecular weight excluding hydrogens is 264 g/mol. The predicted molar refractivity (Wildman–Crippen MR) is 83.5 cm³/mol. The molecule has 1 fully saturated rings. The molecule has 0 aliphatic carbocycles. The third-order valence-corrected chi connectivity index (χ3v) is 4.60. The molecule has 2 atom stereocenters. The Kier molecular flexibility index (Phi) is 4.44. The highest BCUT2D eigenvalue weighted by molar-refractivity contribution is 5.78. The molecular formula is C17H24N2O2. The van der Waals surface area contributed by atoms with Gasteiger partial charge in [-0.15, -0.1) is 0 Å². The molecule has 4 heteroatoms. The molecule has 2 unspecified atom stereocenters. The Balaban J connectivity index is 1.60. The summed E-state index contributed by atoms with van der Waals surface area (Å²) >= 11 is 0. The topological polar surface area (TPSA) is 41.6 Å². The van der Waals surface area contributed by atoms with Crippen molar-refractivity contribution in [2.45, 2.75) is 25.7 Å². The van der Waals surface area contributed by atoms with E-state index in [4.69, 9.17) is 4.74 Å². The number of hydrogen-bond donors (Lipinski definition) is 1. The van der Waals surface area contributed by atoms with Crippen LogP contribution in [0.4, 0.5) is 5.69 Å². The van der Waals surface area contributed by atoms with Crippen LogP contribution in [0.2, 0.25) is 0 Å². The summed E-state index contributed by atoms with van der Waals surface area (Å²) < 4.78 is 5.41. The third-order valence-electron chi connectivity index (χ3n) is 4.60. The van der Waals surface area contributed by atoms with Gasteiger partial charge in [0.15, 0.2) is 0 Å².